The summed E-state index contributed by atoms with van der Waals surface area (Å²) in [4.78, 5) is 9.94. The topological polar surface area (TPSA) is 78.7 Å². The second-order valence-corrected chi connectivity index (χ2v) is 6.27. The van der Waals surface area contributed by atoms with Gasteiger partial charge in [0.15, 0.2) is 0 Å². The Morgan fingerprint density at radius 2 is 2.00 bits per heavy atom. The van der Waals surface area contributed by atoms with Gasteiger partial charge in [0.2, 0.25) is 0 Å². The Morgan fingerprint density at radius 1 is 1.39 bits per heavy atom. The Bertz CT molecular complexity index is 450. The standard InChI is InChI=1S/C10H13BrNO5P/c1-18(15,16-8-2-7-11)17-10-5-3-9(4-6-10)12(13)14/h3-6H,2,7-8H2,1H3. The number of halogens is 1. The van der Waals surface area contributed by atoms with E-state index in [2.05, 4.69) is 15.9 Å². The summed E-state index contributed by atoms with van der Waals surface area (Å²) in [6, 6.07) is 5.35. The number of hydrogen-bond donors (Lipinski definition) is 0. The molecule has 0 bridgehead atoms. The number of alkyl halides is 1. The molecule has 0 spiro atoms. The van der Waals surface area contributed by atoms with E-state index >= 15 is 0 Å². The van der Waals surface area contributed by atoms with Gasteiger partial charge in [0.05, 0.1) is 11.5 Å². The van der Waals surface area contributed by atoms with Gasteiger partial charge in [-0.2, -0.15) is 0 Å². The molecule has 18 heavy (non-hydrogen) atoms. The summed E-state index contributed by atoms with van der Waals surface area (Å²) in [5.74, 6) is 0.283. The van der Waals surface area contributed by atoms with E-state index in [1.807, 2.05) is 0 Å². The summed E-state index contributed by atoms with van der Waals surface area (Å²) in [6.45, 7) is 1.69. The summed E-state index contributed by atoms with van der Waals surface area (Å²) in [7, 11) is -3.17. The van der Waals surface area contributed by atoms with Crippen LogP contribution in [0.25, 0.3) is 0 Å². The maximum Gasteiger partial charge on any atom is 0.376 e. The van der Waals surface area contributed by atoms with Crippen LogP contribution in [0, 0.1) is 10.1 Å². The van der Waals surface area contributed by atoms with Gasteiger partial charge in [0.1, 0.15) is 5.75 Å². The smallest absolute Gasteiger partial charge is 0.376 e. The minimum Gasteiger partial charge on any atom is -0.425 e. The molecule has 1 unspecified atom stereocenters. The number of benzene rings is 1. The van der Waals surface area contributed by atoms with Crippen molar-refractivity contribution >= 4 is 29.2 Å². The van der Waals surface area contributed by atoms with Gasteiger partial charge in [-0.25, -0.2) is 4.57 Å². The Labute approximate surface area is 113 Å². The zero-order valence-electron chi connectivity index (χ0n) is 9.74. The first-order valence-corrected chi connectivity index (χ1v) is 8.28. The third-order valence-corrected chi connectivity index (χ3v) is 3.68. The molecule has 0 aliphatic heterocycles. The van der Waals surface area contributed by atoms with Crippen LogP contribution in [0.2, 0.25) is 0 Å². The number of non-ortho nitro benzene ring substituents is 1. The monoisotopic (exact) mass is 337 g/mol. The summed E-state index contributed by atoms with van der Waals surface area (Å²) in [5, 5.41) is 11.2. The lowest BCUT2D eigenvalue weighted by Gasteiger charge is -2.14. The van der Waals surface area contributed by atoms with Crippen LogP contribution in [0.15, 0.2) is 24.3 Å². The van der Waals surface area contributed by atoms with Gasteiger partial charge >= 0.3 is 7.60 Å². The Kier molecular flexibility index (Phi) is 5.78. The lowest BCUT2D eigenvalue weighted by atomic mass is 10.3. The van der Waals surface area contributed by atoms with E-state index in [9.17, 15) is 14.7 Å². The van der Waals surface area contributed by atoms with E-state index in [0.717, 1.165) is 11.8 Å². The molecule has 0 saturated carbocycles. The molecule has 0 aliphatic rings. The van der Waals surface area contributed by atoms with Crippen molar-refractivity contribution in [2.24, 2.45) is 0 Å². The van der Waals surface area contributed by atoms with Gasteiger partial charge in [-0.15, -0.1) is 0 Å². The van der Waals surface area contributed by atoms with Crippen LogP contribution in [0.1, 0.15) is 6.42 Å². The van der Waals surface area contributed by atoms with Crippen LogP contribution in [-0.4, -0.2) is 23.5 Å². The van der Waals surface area contributed by atoms with Crippen molar-refractivity contribution in [3.05, 3.63) is 34.4 Å². The molecule has 1 atom stereocenters. The molecule has 6 nitrogen and oxygen atoms in total. The maximum atomic E-state index is 11.9. The van der Waals surface area contributed by atoms with Gasteiger partial charge in [0.25, 0.3) is 5.69 Å². The average molecular weight is 338 g/mol. The van der Waals surface area contributed by atoms with Crippen molar-refractivity contribution in [3.63, 3.8) is 0 Å². The summed E-state index contributed by atoms with van der Waals surface area (Å²) < 4.78 is 22.2. The van der Waals surface area contributed by atoms with E-state index in [1.165, 1.54) is 30.9 Å². The third kappa shape index (κ3) is 5.16. The van der Waals surface area contributed by atoms with Crippen molar-refractivity contribution in [2.45, 2.75) is 6.42 Å². The zero-order chi connectivity index (χ0) is 13.6. The number of nitro benzene ring substituents is 1. The largest absolute Gasteiger partial charge is 0.425 e. The number of hydrogen-bond acceptors (Lipinski definition) is 5. The van der Waals surface area contributed by atoms with Crippen LogP contribution in [0.5, 0.6) is 5.75 Å². The van der Waals surface area contributed by atoms with E-state index < -0.39 is 12.5 Å². The molecule has 0 aliphatic carbocycles. The number of nitrogens with zero attached hydrogens (tertiary/aromatic N) is 1. The molecule has 1 aromatic rings. The van der Waals surface area contributed by atoms with Crippen molar-refractivity contribution in [3.8, 4) is 5.75 Å². The first-order chi connectivity index (χ1) is 8.44. The molecule has 0 saturated heterocycles. The summed E-state index contributed by atoms with van der Waals surface area (Å²) >= 11 is 3.23. The highest BCUT2D eigenvalue weighted by Gasteiger charge is 2.18. The molecule has 100 valence electrons. The molecule has 0 radical (unpaired) electrons. The predicted octanol–water partition coefficient (Wildman–Crippen LogP) is 3.60. The van der Waals surface area contributed by atoms with Gasteiger partial charge in [0, 0.05) is 24.1 Å². The first kappa shape index (κ1) is 15.1. The fourth-order valence-electron chi connectivity index (χ4n) is 1.13. The van der Waals surface area contributed by atoms with Gasteiger partial charge in [-0.05, 0) is 18.6 Å². The van der Waals surface area contributed by atoms with Crippen LogP contribution >= 0.6 is 23.5 Å². The molecule has 0 aromatic heterocycles. The average Bonchev–Trinajstić information content (AvgIpc) is 2.29. The Balaban J connectivity index is 2.60. The van der Waals surface area contributed by atoms with Crippen LogP contribution in [0.3, 0.4) is 0 Å². The molecule has 0 fully saturated rings. The van der Waals surface area contributed by atoms with Crippen molar-refractivity contribution in [1.82, 2.24) is 0 Å². The third-order valence-electron chi connectivity index (χ3n) is 1.92. The van der Waals surface area contributed by atoms with E-state index in [-0.39, 0.29) is 11.4 Å². The normalized spacial score (nSPS) is 13.9. The fraction of sp³-hybridized carbons (Fsp3) is 0.400. The SMILES string of the molecule is CP(=O)(OCCCBr)Oc1ccc([N+](=O)[O-])cc1. The second kappa shape index (κ2) is 6.87. The van der Waals surface area contributed by atoms with E-state index in [4.69, 9.17) is 9.05 Å². The molecule has 1 aromatic carbocycles. The van der Waals surface area contributed by atoms with Gasteiger partial charge < -0.3 is 4.52 Å². The van der Waals surface area contributed by atoms with Crippen molar-refractivity contribution in [2.75, 3.05) is 18.6 Å². The molecule has 0 amide bonds. The van der Waals surface area contributed by atoms with Crippen LogP contribution in [-0.2, 0) is 9.09 Å². The fourth-order valence-corrected chi connectivity index (χ4v) is 2.38. The van der Waals surface area contributed by atoms with E-state index in [1.54, 1.807) is 0 Å². The Morgan fingerprint density at radius 3 is 2.50 bits per heavy atom. The van der Waals surface area contributed by atoms with Gasteiger partial charge in [-0.1, -0.05) is 15.9 Å². The van der Waals surface area contributed by atoms with Crippen LogP contribution in [0.4, 0.5) is 5.69 Å². The highest BCUT2D eigenvalue weighted by Crippen LogP contribution is 2.44. The minimum absolute atomic E-state index is 0.0477. The minimum atomic E-state index is -3.17. The van der Waals surface area contributed by atoms with Crippen molar-refractivity contribution < 1.29 is 18.5 Å². The number of rotatable bonds is 7. The van der Waals surface area contributed by atoms with E-state index in [0.29, 0.717) is 6.61 Å². The highest BCUT2D eigenvalue weighted by atomic mass is 79.9. The highest BCUT2D eigenvalue weighted by molar-refractivity contribution is 9.09. The molecule has 8 heteroatoms. The van der Waals surface area contributed by atoms with Gasteiger partial charge in [-0.3, -0.25) is 14.6 Å². The molecule has 1 rings (SSSR count). The Hall–Kier alpha value is -0.910. The summed E-state index contributed by atoms with van der Waals surface area (Å²) in [5.41, 5.74) is -0.0477. The molecular weight excluding hydrogens is 325 g/mol. The van der Waals surface area contributed by atoms with Crippen molar-refractivity contribution in [1.29, 1.82) is 0 Å². The number of nitro groups is 1. The molecule has 0 N–H and O–H groups in total. The zero-order valence-corrected chi connectivity index (χ0v) is 12.2. The lowest BCUT2D eigenvalue weighted by molar-refractivity contribution is -0.384. The van der Waals surface area contributed by atoms with Crippen LogP contribution < -0.4 is 4.52 Å². The summed E-state index contributed by atoms with van der Waals surface area (Å²) in [6.07, 6.45) is 0.724. The molecule has 0 heterocycles. The second-order valence-electron chi connectivity index (χ2n) is 3.49. The molecular formula is C10H13BrNO5P. The predicted molar refractivity (Wildman–Crippen MR) is 71.6 cm³/mol. The quantitative estimate of drug-likeness (QED) is 0.250. The lowest BCUT2D eigenvalue weighted by Crippen LogP contribution is -1.99. The maximum absolute atomic E-state index is 11.9. The first-order valence-electron chi connectivity index (χ1n) is 5.17.